The fraction of sp³-hybridized carbons (Fsp3) is 0.200. The summed E-state index contributed by atoms with van der Waals surface area (Å²) in [4.78, 5) is 14.6. The lowest BCUT2D eigenvalue weighted by Gasteiger charge is -2.01. The van der Waals surface area contributed by atoms with E-state index in [2.05, 4.69) is 4.98 Å². The van der Waals surface area contributed by atoms with Crippen LogP contribution in [0, 0.1) is 12.7 Å². The van der Waals surface area contributed by atoms with Crippen LogP contribution in [0.25, 0.3) is 11.0 Å². The van der Waals surface area contributed by atoms with Gasteiger partial charge in [0, 0.05) is 0 Å². The van der Waals surface area contributed by atoms with Crippen molar-refractivity contribution in [3.05, 3.63) is 29.8 Å². The zero-order valence-corrected chi connectivity index (χ0v) is 8.07. The van der Waals surface area contributed by atoms with Crippen molar-refractivity contribution in [3.63, 3.8) is 0 Å². The van der Waals surface area contributed by atoms with Gasteiger partial charge in [0.2, 0.25) is 0 Å². The number of aliphatic carboxylic acids is 1. The number of hydrogen-bond donors (Lipinski definition) is 1. The first kappa shape index (κ1) is 9.64. The lowest BCUT2D eigenvalue weighted by Crippen LogP contribution is -2.09. The van der Waals surface area contributed by atoms with E-state index < -0.39 is 11.8 Å². The maximum absolute atomic E-state index is 13.3. The summed E-state index contributed by atoms with van der Waals surface area (Å²) in [6.07, 6.45) is 0. The molecule has 0 fully saturated rings. The summed E-state index contributed by atoms with van der Waals surface area (Å²) in [6, 6.07) is 4.50. The molecule has 0 atom stereocenters. The molecule has 0 spiro atoms. The Morgan fingerprint density at radius 2 is 2.33 bits per heavy atom. The SMILES string of the molecule is Cc1nc2c(F)cccc2n1CC(=O)O. The number of aromatic nitrogens is 2. The number of nitrogens with zero attached hydrogens (tertiary/aromatic N) is 2. The molecule has 0 saturated carbocycles. The van der Waals surface area contributed by atoms with Crippen LogP contribution in [0.5, 0.6) is 0 Å². The van der Waals surface area contributed by atoms with Gasteiger partial charge in [0.1, 0.15) is 17.9 Å². The summed E-state index contributed by atoms with van der Waals surface area (Å²) in [5, 5.41) is 8.70. The fourth-order valence-corrected chi connectivity index (χ4v) is 1.56. The number of carbonyl (C=O) groups is 1. The summed E-state index contributed by atoms with van der Waals surface area (Å²) in [5.74, 6) is -0.904. The van der Waals surface area contributed by atoms with E-state index in [-0.39, 0.29) is 12.1 Å². The van der Waals surface area contributed by atoms with Gasteiger partial charge < -0.3 is 9.67 Å². The molecule has 0 amide bonds. The van der Waals surface area contributed by atoms with Gasteiger partial charge in [0.25, 0.3) is 0 Å². The average molecular weight is 208 g/mol. The molecule has 0 aliphatic carbocycles. The Morgan fingerprint density at radius 1 is 1.60 bits per heavy atom. The summed E-state index contributed by atoms with van der Waals surface area (Å²) in [6.45, 7) is 1.45. The Morgan fingerprint density at radius 3 is 3.00 bits per heavy atom. The van der Waals surface area contributed by atoms with E-state index in [1.165, 1.54) is 16.7 Å². The number of carboxylic acids is 1. The minimum Gasteiger partial charge on any atom is -0.480 e. The van der Waals surface area contributed by atoms with E-state index in [4.69, 9.17) is 5.11 Å². The third kappa shape index (κ3) is 1.56. The van der Waals surface area contributed by atoms with Crippen molar-refractivity contribution in [3.8, 4) is 0 Å². The molecule has 1 aromatic heterocycles. The molecule has 4 nitrogen and oxygen atoms in total. The standard InChI is InChI=1S/C10H9FN2O2/c1-6-12-10-7(11)3-2-4-8(10)13(6)5-9(14)15/h2-4H,5H2,1H3,(H,14,15). The maximum atomic E-state index is 13.3. The number of para-hydroxylation sites is 1. The maximum Gasteiger partial charge on any atom is 0.323 e. The molecular formula is C10H9FN2O2. The first-order valence-corrected chi connectivity index (χ1v) is 4.42. The molecule has 15 heavy (non-hydrogen) atoms. The molecule has 0 aliphatic heterocycles. The first-order valence-electron chi connectivity index (χ1n) is 4.42. The van der Waals surface area contributed by atoms with Gasteiger partial charge in [0.15, 0.2) is 5.82 Å². The molecule has 2 rings (SSSR count). The predicted molar refractivity (Wildman–Crippen MR) is 52.1 cm³/mol. The summed E-state index contributed by atoms with van der Waals surface area (Å²) in [5.41, 5.74) is 0.728. The highest BCUT2D eigenvalue weighted by molar-refractivity contribution is 5.78. The highest BCUT2D eigenvalue weighted by Gasteiger charge is 2.12. The fourth-order valence-electron chi connectivity index (χ4n) is 1.56. The Bertz CT molecular complexity index is 533. The molecule has 0 aliphatic rings. The second-order valence-corrected chi connectivity index (χ2v) is 3.25. The number of benzene rings is 1. The molecule has 0 unspecified atom stereocenters. The van der Waals surface area contributed by atoms with Crippen molar-refractivity contribution in [2.45, 2.75) is 13.5 Å². The van der Waals surface area contributed by atoms with Crippen LogP contribution in [-0.2, 0) is 11.3 Å². The van der Waals surface area contributed by atoms with Crippen LogP contribution in [-0.4, -0.2) is 20.6 Å². The van der Waals surface area contributed by atoms with Gasteiger partial charge in [-0.15, -0.1) is 0 Å². The Kier molecular flexibility index (Phi) is 2.15. The molecule has 5 heteroatoms. The molecular weight excluding hydrogens is 199 g/mol. The predicted octanol–water partition coefficient (Wildman–Crippen LogP) is 1.57. The van der Waals surface area contributed by atoms with Crippen LogP contribution < -0.4 is 0 Å². The normalized spacial score (nSPS) is 10.8. The first-order chi connectivity index (χ1) is 7.09. The van der Waals surface area contributed by atoms with Crippen molar-refractivity contribution in [2.24, 2.45) is 0 Å². The van der Waals surface area contributed by atoms with E-state index in [0.29, 0.717) is 11.3 Å². The number of aryl methyl sites for hydroxylation is 1. The smallest absolute Gasteiger partial charge is 0.323 e. The van der Waals surface area contributed by atoms with Crippen molar-refractivity contribution in [1.82, 2.24) is 9.55 Å². The zero-order chi connectivity index (χ0) is 11.0. The van der Waals surface area contributed by atoms with Crippen LogP contribution in [0.15, 0.2) is 18.2 Å². The summed E-state index contributed by atoms with van der Waals surface area (Å²) >= 11 is 0. The average Bonchev–Trinajstić information content (AvgIpc) is 2.45. The highest BCUT2D eigenvalue weighted by Crippen LogP contribution is 2.18. The molecule has 0 saturated heterocycles. The van der Waals surface area contributed by atoms with Gasteiger partial charge in [0.05, 0.1) is 5.52 Å². The van der Waals surface area contributed by atoms with Crippen LogP contribution in [0.3, 0.4) is 0 Å². The van der Waals surface area contributed by atoms with Crippen LogP contribution in [0.4, 0.5) is 4.39 Å². The molecule has 0 radical (unpaired) electrons. The number of halogens is 1. The van der Waals surface area contributed by atoms with Gasteiger partial charge in [-0.25, -0.2) is 9.37 Å². The van der Waals surface area contributed by atoms with E-state index in [1.807, 2.05) is 0 Å². The molecule has 0 bridgehead atoms. The Hall–Kier alpha value is -1.91. The second-order valence-electron chi connectivity index (χ2n) is 3.25. The Balaban J connectivity index is 2.68. The number of imidazole rings is 1. The second kappa shape index (κ2) is 3.34. The Labute approximate surface area is 85.0 Å². The molecule has 2 aromatic rings. The number of rotatable bonds is 2. The van der Waals surface area contributed by atoms with Crippen LogP contribution in [0.2, 0.25) is 0 Å². The number of carboxylic acid groups (broad SMARTS) is 1. The van der Waals surface area contributed by atoms with Crippen LogP contribution in [0.1, 0.15) is 5.82 Å². The van der Waals surface area contributed by atoms with Gasteiger partial charge in [-0.3, -0.25) is 4.79 Å². The minimum absolute atomic E-state index is 0.203. The third-order valence-electron chi connectivity index (χ3n) is 2.21. The van der Waals surface area contributed by atoms with E-state index >= 15 is 0 Å². The molecule has 1 aromatic carbocycles. The monoisotopic (exact) mass is 208 g/mol. The van der Waals surface area contributed by atoms with E-state index in [0.717, 1.165) is 0 Å². The lowest BCUT2D eigenvalue weighted by atomic mass is 10.3. The topological polar surface area (TPSA) is 55.1 Å². The molecule has 1 N–H and O–H groups in total. The quantitative estimate of drug-likeness (QED) is 0.814. The summed E-state index contributed by atoms with van der Waals surface area (Å²) < 4.78 is 14.8. The lowest BCUT2D eigenvalue weighted by molar-refractivity contribution is -0.137. The van der Waals surface area contributed by atoms with Gasteiger partial charge in [-0.1, -0.05) is 6.07 Å². The third-order valence-corrected chi connectivity index (χ3v) is 2.21. The van der Waals surface area contributed by atoms with Crippen molar-refractivity contribution >= 4 is 17.0 Å². The van der Waals surface area contributed by atoms with Crippen LogP contribution >= 0.6 is 0 Å². The molecule has 1 heterocycles. The van der Waals surface area contributed by atoms with E-state index in [1.54, 1.807) is 13.0 Å². The van der Waals surface area contributed by atoms with Gasteiger partial charge in [-0.05, 0) is 19.1 Å². The zero-order valence-electron chi connectivity index (χ0n) is 8.07. The highest BCUT2D eigenvalue weighted by atomic mass is 19.1. The molecule has 78 valence electrons. The van der Waals surface area contributed by atoms with Gasteiger partial charge >= 0.3 is 5.97 Å². The number of hydrogen-bond acceptors (Lipinski definition) is 2. The van der Waals surface area contributed by atoms with Crippen molar-refractivity contribution in [2.75, 3.05) is 0 Å². The largest absolute Gasteiger partial charge is 0.480 e. The number of fused-ring (bicyclic) bond motifs is 1. The minimum atomic E-state index is -0.971. The van der Waals surface area contributed by atoms with E-state index in [9.17, 15) is 9.18 Å². The van der Waals surface area contributed by atoms with Crippen molar-refractivity contribution < 1.29 is 14.3 Å². The van der Waals surface area contributed by atoms with Crippen molar-refractivity contribution in [1.29, 1.82) is 0 Å². The van der Waals surface area contributed by atoms with Gasteiger partial charge in [-0.2, -0.15) is 0 Å². The summed E-state index contributed by atoms with van der Waals surface area (Å²) in [7, 11) is 0.